The van der Waals surface area contributed by atoms with Crippen molar-refractivity contribution >= 4 is 5.78 Å². The summed E-state index contributed by atoms with van der Waals surface area (Å²) in [5.74, 6) is -1.70. The van der Waals surface area contributed by atoms with Gasteiger partial charge in [0.25, 0.3) is 0 Å². The molecule has 2 rings (SSSR count). The van der Waals surface area contributed by atoms with Gasteiger partial charge in [-0.2, -0.15) is 0 Å². The van der Waals surface area contributed by atoms with Crippen molar-refractivity contribution in [1.82, 2.24) is 0 Å². The van der Waals surface area contributed by atoms with Crippen LogP contribution in [0.5, 0.6) is 0 Å². The van der Waals surface area contributed by atoms with Gasteiger partial charge in [0.05, 0.1) is 5.56 Å². The number of hydrogen-bond acceptors (Lipinski definition) is 1. The summed E-state index contributed by atoms with van der Waals surface area (Å²) in [4.78, 5) is 12.0. The number of carbonyl (C=O) groups is 1. The summed E-state index contributed by atoms with van der Waals surface area (Å²) in [7, 11) is 0. The van der Waals surface area contributed by atoms with Crippen LogP contribution in [0, 0.1) is 25.5 Å². The van der Waals surface area contributed by atoms with Crippen LogP contribution in [0.15, 0.2) is 36.4 Å². The molecule has 0 N–H and O–H groups in total. The molecule has 0 saturated heterocycles. The Kier molecular flexibility index (Phi) is 3.74. The van der Waals surface area contributed by atoms with Crippen LogP contribution in [0.25, 0.3) is 0 Å². The molecule has 2 aromatic carbocycles. The van der Waals surface area contributed by atoms with E-state index in [2.05, 4.69) is 0 Å². The minimum atomic E-state index is -0.684. The molecule has 0 radical (unpaired) electrons. The van der Waals surface area contributed by atoms with E-state index in [0.717, 1.165) is 34.9 Å². The summed E-state index contributed by atoms with van der Waals surface area (Å²) in [6.07, 6.45) is 0.0773. The molecule has 0 bridgehead atoms. The highest BCUT2D eigenvalue weighted by Gasteiger charge is 2.14. The molecule has 3 heteroatoms. The molecule has 0 amide bonds. The average molecular weight is 260 g/mol. The average Bonchev–Trinajstić information content (AvgIpc) is 2.36. The van der Waals surface area contributed by atoms with Crippen molar-refractivity contribution < 1.29 is 13.6 Å². The molecule has 1 nitrogen and oxygen atoms in total. The second kappa shape index (κ2) is 5.31. The minimum Gasteiger partial charge on any atom is -0.294 e. The number of carbonyl (C=O) groups excluding carboxylic acids is 1. The zero-order chi connectivity index (χ0) is 14.0. The van der Waals surface area contributed by atoms with Crippen LogP contribution >= 0.6 is 0 Å². The van der Waals surface area contributed by atoms with Gasteiger partial charge in [-0.25, -0.2) is 8.78 Å². The van der Waals surface area contributed by atoms with Crippen molar-refractivity contribution in [1.29, 1.82) is 0 Å². The fourth-order valence-corrected chi connectivity index (χ4v) is 1.97. The maximum absolute atomic E-state index is 13.5. The number of rotatable bonds is 3. The van der Waals surface area contributed by atoms with Gasteiger partial charge in [0.2, 0.25) is 0 Å². The topological polar surface area (TPSA) is 17.1 Å². The van der Waals surface area contributed by atoms with Crippen molar-refractivity contribution in [3.63, 3.8) is 0 Å². The lowest BCUT2D eigenvalue weighted by molar-refractivity contribution is 0.0988. The number of benzene rings is 2. The van der Waals surface area contributed by atoms with Gasteiger partial charge in [-0.05, 0) is 43.2 Å². The fourth-order valence-electron chi connectivity index (χ4n) is 1.97. The first-order valence-corrected chi connectivity index (χ1v) is 6.02. The van der Waals surface area contributed by atoms with E-state index in [1.807, 2.05) is 32.0 Å². The minimum absolute atomic E-state index is 0.0773. The fraction of sp³-hybridized carbons (Fsp3) is 0.188. The largest absolute Gasteiger partial charge is 0.294 e. The maximum Gasteiger partial charge on any atom is 0.170 e. The molecule has 0 saturated carbocycles. The normalized spacial score (nSPS) is 10.5. The molecular weight excluding hydrogens is 246 g/mol. The van der Waals surface area contributed by atoms with Gasteiger partial charge in [-0.15, -0.1) is 0 Å². The van der Waals surface area contributed by atoms with Crippen LogP contribution < -0.4 is 0 Å². The molecule has 0 heterocycles. The highest BCUT2D eigenvalue weighted by molar-refractivity contribution is 5.97. The highest BCUT2D eigenvalue weighted by atomic mass is 19.1. The lowest BCUT2D eigenvalue weighted by atomic mass is 9.97. The van der Waals surface area contributed by atoms with Crippen LogP contribution in [-0.2, 0) is 6.42 Å². The third-order valence-corrected chi connectivity index (χ3v) is 3.08. The number of Topliss-reactive ketones (excluding diaryl/α,β-unsaturated/α-hetero) is 1. The number of hydrogen-bond donors (Lipinski definition) is 0. The molecule has 0 fully saturated rings. The Morgan fingerprint density at radius 1 is 1.05 bits per heavy atom. The first-order chi connectivity index (χ1) is 8.97. The number of ketones is 1. The Hall–Kier alpha value is -2.03. The van der Waals surface area contributed by atoms with Gasteiger partial charge >= 0.3 is 0 Å². The zero-order valence-electron chi connectivity index (χ0n) is 10.8. The van der Waals surface area contributed by atoms with Crippen LogP contribution in [0.4, 0.5) is 8.78 Å². The SMILES string of the molecule is Cc1ccc(C)c(CC(=O)c2cc(F)ccc2F)c1. The van der Waals surface area contributed by atoms with E-state index < -0.39 is 17.4 Å². The smallest absolute Gasteiger partial charge is 0.170 e. The molecule has 0 atom stereocenters. The van der Waals surface area contributed by atoms with Crippen molar-refractivity contribution in [2.24, 2.45) is 0 Å². The third-order valence-electron chi connectivity index (χ3n) is 3.08. The van der Waals surface area contributed by atoms with Crippen molar-refractivity contribution in [2.45, 2.75) is 20.3 Å². The summed E-state index contributed by atoms with van der Waals surface area (Å²) in [6.45, 7) is 3.82. The van der Waals surface area contributed by atoms with Gasteiger partial charge in [-0.3, -0.25) is 4.79 Å². The zero-order valence-corrected chi connectivity index (χ0v) is 10.8. The van der Waals surface area contributed by atoms with Gasteiger partial charge < -0.3 is 0 Å². The number of aryl methyl sites for hydroxylation is 2. The Bertz CT molecular complexity index is 633. The molecule has 19 heavy (non-hydrogen) atoms. The van der Waals surface area contributed by atoms with E-state index in [1.165, 1.54) is 0 Å². The lowest BCUT2D eigenvalue weighted by Crippen LogP contribution is -2.08. The second-order valence-electron chi connectivity index (χ2n) is 4.65. The Balaban J connectivity index is 2.30. The highest BCUT2D eigenvalue weighted by Crippen LogP contribution is 2.16. The van der Waals surface area contributed by atoms with Gasteiger partial charge in [0, 0.05) is 6.42 Å². The van der Waals surface area contributed by atoms with E-state index in [9.17, 15) is 13.6 Å². The number of halogens is 2. The maximum atomic E-state index is 13.5. The predicted molar refractivity (Wildman–Crippen MR) is 70.3 cm³/mol. The Labute approximate surface area is 110 Å². The van der Waals surface area contributed by atoms with E-state index >= 15 is 0 Å². The van der Waals surface area contributed by atoms with Gasteiger partial charge in [-0.1, -0.05) is 23.8 Å². The molecule has 2 aromatic rings. The van der Waals surface area contributed by atoms with Gasteiger partial charge in [0.15, 0.2) is 5.78 Å². The van der Waals surface area contributed by atoms with Crippen LogP contribution in [0.1, 0.15) is 27.0 Å². The quantitative estimate of drug-likeness (QED) is 0.762. The molecular formula is C16H14F2O. The van der Waals surface area contributed by atoms with Crippen LogP contribution in [0.2, 0.25) is 0 Å². The van der Waals surface area contributed by atoms with Crippen molar-refractivity contribution in [2.75, 3.05) is 0 Å². The molecule has 0 unspecified atom stereocenters. The first kappa shape index (κ1) is 13.4. The Morgan fingerprint density at radius 3 is 2.53 bits per heavy atom. The predicted octanol–water partition coefficient (Wildman–Crippen LogP) is 4.01. The molecule has 0 aliphatic heterocycles. The van der Waals surface area contributed by atoms with E-state index in [1.54, 1.807) is 0 Å². The van der Waals surface area contributed by atoms with E-state index in [-0.39, 0.29) is 12.0 Å². The summed E-state index contributed by atoms with van der Waals surface area (Å²) < 4.78 is 26.6. The van der Waals surface area contributed by atoms with Crippen LogP contribution in [-0.4, -0.2) is 5.78 Å². The standard InChI is InChI=1S/C16H14F2O/c1-10-3-4-11(2)12(7-10)8-16(19)14-9-13(17)5-6-15(14)18/h3-7,9H,8H2,1-2H3. The lowest BCUT2D eigenvalue weighted by Gasteiger charge is -2.07. The third kappa shape index (κ3) is 3.05. The van der Waals surface area contributed by atoms with Crippen molar-refractivity contribution in [3.8, 4) is 0 Å². The molecule has 98 valence electrons. The monoisotopic (exact) mass is 260 g/mol. The molecule has 0 aliphatic carbocycles. The Morgan fingerprint density at radius 2 is 1.79 bits per heavy atom. The summed E-state index contributed by atoms with van der Waals surface area (Å²) in [6, 6.07) is 8.69. The van der Waals surface area contributed by atoms with Gasteiger partial charge in [0.1, 0.15) is 11.6 Å². The first-order valence-electron chi connectivity index (χ1n) is 6.02. The van der Waals surface area contributed by atoms with E-state index in [4.69, 9.17) is 0 Å². The van der Waals surface area contributed by atoms with Crippen LogP contribution in [0.3, 0.4) is 0 Å². The molecule has 0 aliphatic rings. The van der Waals surface area contributed by atoms with E-state index in [0.29, 0.717) is 0 Å². The summed E-state index contributed by atoms with van der Waals surface area (Å²) in [5.41, 5.74) is 2.65. The summed E-state index contributed by atoms with van der Waals surface area (Å²) >= 11 is 0. The van der Waals surface area contributed by atoms with Crippen molar-refractivity contribution in [3.05, 3.63) is 70.3 Å². The molecule has 0 spiro atoms. The second-order valence-corrected chi connectivity index (χ2v) is 4.65. The molecule has 0 aromatic heterocycles. The summed E-state index contributed by atoms with van der Waals surface area (Å²) in [5, 5.41) is 0.